The smallest absolute Gasteiger partial charge is 0.267 e. The molecular weight excluding hydrogens is 592 g/mol. The van der Waals surface area contributed by atoms with Crippen molar-refractivity contribution in [3.05, 3.63) is 106 Å². The zero-order valence-electron chi connectivity index (χ0n) is 27.2. The van der Waals surface area contributed by atoms with Crippen molar-refractivity contribution >= 4 is 28.4 Å². The van der Waals surface area contributed by atoms with Gasteiger partial charge >= 0.3 is 0 Å². The minimum atomic E-state index is -0.691. The topological polar surface area (TPSA) is 141 Å². The van der Waals surface area contributed by atoms with E-state index >= 15 is 0 Å². The van der Waals surface area contributed by atoms with Crippen LogP contribution in [0, 0.1) is 11.8 Å². The highest BCUT2D eigenvalue weighted by Gasteiger charge is 2.25. The molecule has 1 atom stereocenters. The number of hydrogen-bond donors (Lipinski definition) is 3. The quantitative estimate of drug-likeness (QED) is 0.140. The number of aromatic nitrogens is 6. The minimum absolute atomic E-state index is 0.0772. The maximum atomic E-state index is 14.4. The summed E-state index contributed by atoms with van der Waals surface area (Å²) >= 11 is 0. The first-order valence-electron chi connectivity index (χ1n) is 15.6. The van der Waals surface area contributed by atoms with E-state index in [1.54, 1.807) is 32.3 Å². The summed E-state index contributed by atoms with van der Waals surface area (Å²) in [7, 11) is 1.69. The van der Waals surface area contributed by atoms with Crippen LogP contribution in [-0.4, -0.2) is 66.1 Å². The number of nitrogen functional groups attached to an aromatic ring is 1. The van der Waals surface area contributed by atoms with Crippen molar-refractivity contribution in [3.8, 4) is 17.5 Å². The van der Waals surface area contributed by atoms with Crippen LogP contribution in [0.4, 0.5) is 11.6 Å². The molecule has 242 valence electrons. The largest absolute Gasteiger partial charge is 0.381 e. The molecule has 0 aliphatic rings. The first-order valence-corrected chi connectivity index (χ1v) is 15.6. The Balaban J connectivity index is 1.52. The fraction of sp³-hybridized carbons (Fsp3) is 0.286. The summed E-state index contributed by atoms with van der Waals surface area (Å²) in [5.74, 6) is 6.78. The highest BCUT2D eigenvalue weighted by atomic mass is 16.2. The molecule has 0 radical (unpaired) electrons. The molecule has 0 fully saturated rings. The van der Waals surface area contributed by atoms with Crippen LogP contribution >= 0.6 is 0 Å². The Labute approximate surface area is 273 Å². The fourth-order valence-electron chi connectivity index (χ4n) is 5.42. The second kappa shape index (κ2) is 14.6. The van der Waals surface area contributed by atoms with Gasteiger partial charge in [0.15, 0.2) is 5.82 Å². The molecule has 0 saturated heterocycles. The standard InChI is InChI=1S/C35H40N10O2/c1-6-19-37-33-30(31(36)41-42(33)5)34(46)39-24(4)32-40-28-16-12-13-26(29(28)35(47)45(32)27-14-10-9-11-15-27)18-17-25-22-38-44(23-25)21-20-43(7-2)8-3/h6,9-16,22-24,37H,1,7-8,19-21H2,2-5H3,(H2,36,41)(H,39,46). The van der Waals surface area contributed by atoms with Crippen molar-refractivity contribution in [2.45, 2.75) is 33.4 Å². The number of fused-ring (bicyclic) bond motifs is 1. The SMILES string of the molecule is C=CCNc1c(C(=O)NC(C)c2nc3cccc(C#Cc4cnn(CCN(CC)CC)c4)c3c(=O)n2-c2ccccc2)c(N)nn1C. The molecule has 5 aromatic rings. The lowest BCUT2D eigenvalue weighted by atomic mass is 10.1. The van der Waals surface area contributed by atoms with Crippen LogP contribution in [0.25, 0.3) is 16.6 Å². The number of carbonyl (C=O) groups is 1. The van der Waals surface area contributed by atoms with Gasteiger partial charge in [-0.15, -0.1) is 6.58 Å². The van der Waals surface area contributed by atoms with Crippen molar-refractivity contribution in [2.24, 2.45) is 7.05 Å². The van der Waals surface area contributed by atoms with Gasteiger partial charge in [-0.05, 0) is 44.3 Å². The number of hydrogen-bond acceptors (Lipinski definition) is 8. The van der Waals surface area contributed by atoms with E-state index in [-0.39, 0.29) is 16.9 Å². The maximum absolute atomic E-state index is 14.4. The number of anilines is 2. The van der Waals surface area contributed by atoms with E-state index < -0.39 is 11.9 Å². The molecule has 2 aromatic carbocycles. The monoisotopic (exact) mass is 632 g/mol. The number of likely N-dealkylation sites (N-methyl/N-ethyl adjacent to an activating group) is 1. The number of nitrogens with one attached hydrogen (secondary N) is 2. The van der Waals surface area contributed by atoms with Gasteiger partial charge < -0.3 is 21.3 Å². The molecule has 0 bridgehead atoms. The zero-order valence-corrected chi connectivity index (χ0v) is 27.2. The molecule has 47 heavy (non-hydrogen) atoms. The van der Waals surface area contributed by atoms with Crippen LogP contribution in [0.2, 0.25) is 0 Å². The van der Waals surface area contributed by atoms with E-state index in [1.807, 2.05) is 53.3 Å². The molecule has 0 saturated carbocycles. The number of nitrogens with zero attached hydrogens (tertiary/aromatic N) is 7. The molecule has 3 heterocycles. The third-order valence-corrected chi connectivity index (χ3v) is 7.90. The molecule has 12 nitrogen and oxygen atoms in total. The maximum Gasteiger partial charge on any atom is 0.267 e. The van der Waals surface area contributed by atoms with Gasteiger partial charge in [0.2, 0.25) is 0 Å². The minimum Gasteiger partial charge on any atom is -0.381 e. The predicted octanol–water partition coefficient (Wildman–Crippen LogP) is 3.73. The fourth-order valence-corrected chi connectivity index (χ4v) is 5.42. The third-order valence-electron chi connectivity index (χ3n) is 7.90. The number of nitrogens with two attached hydrogens (primary N) is 1. The van der Waals surface area contributed by atoms with Crippen LogP contribution in [0.5, 0.6) is 0 Å². The molecule has 0 aliphatic carbocycles. The van der Waals surface area contributed by atoms with Crippen molar-refractivity contribution < 1.29 is 4.79 Å². The third kappa shape index (κ3) is 7.10. The Bertz CT molecular complexity index is 2010. The Kier molecular flexibility index (Phi) is 10.2. The number of para-hydroxylation sites is 1. The molecule has 4 N–H and O–H groups in total. The zero-order chi connectivity index (χ0) is 33.5. The summed E-state index contributed by atoms with van der Waals surface area (Å²) in [4.78, 5) is 35.2. The Morgan fingerprint density at radius 3 is 2.62 bits per heavy atom. The van der Waals surface area contributed by atoms with Crippen molar-refractivity contribution in [3.63, 3.8) is 0 Å². The predicted molar refractivity (Wildman–Crippen MR) is 186 cm³/mol. The van der Waals surface area contributed by atoms with Crippen LogP contribution in [0.15, 0.2) is 78.4 Å². The van der Waals surface area contributed by atoms with Gasteiger partial charge in [-0.1, -0.05) is 56.0 Å². The first kappa shape index (κ1) is 32.7. The van der Waals surface area contributed by atoms with Gasteiger partial charge in [0.25, 0.3) is 11.5 Å². The van der Waals surface area contributed by atoms with Crippen molar-refractivity contribution in [2.75, 3.05) is 37.2 Å². The molecule has 0 aliphatic heterocycles. The average Bonchev–Trinajstić information content (AvgIpc) is 3.65. The second-order valence-electron chi connectivity index (χ2n) is 11.0. The van der Waals surface area contributed by atoms with Crippen molar-refractivity contribution in [1.82, 2.24) is 39.3 Å². The Hall–Kier alpha value is -5.67. The van der Waals surface area contributed by atoms with Gasteiger partial charge in [0.1, 0.15) is 17.2 Å². The Morgan fingerprint density at radius 2 is 1.89 bits per heavy atom. The van der Waals surface area contributed by atoms with E-state index in [1.165, 1.54) is 9.25 Å². The van der Waals surface area contributed by atoms with E-state index in [2.05, 4.69) is 58.0 Å². The average molecular weight is 633 g/mol. The number of aryl methyl sites for hydroxylation is 1. The summed E-state index contributed by atoms with van der Waals surface area (Å²) in [6, 6.07) is 13.9. The highest BCUT2D eigenvalue weighted by molar-refractivity contribution is 6.03. The van der Waals surface area contributed by atoms with Gasteiger partial charge in [-0.3, -0.25) is 23.5 Å². The van der Waals surface area contributed by atoms with E-state index in [0.29, 0.717) is 40.3 Å². The normalized spacial score (nSPS) is 11.7. The van der Waals surface area contributed by atoms with Gasteiger partial charge in [-0.25, -0.2) is 4.98 Å². The summed E-state index contributed by atoms with van der Waals surface area (Å²) in [6.07, 6.45) is 5.32. The first-order chi connectivity index (χ1) is 22.7. The van der Waals surface area contributed by atoms with E-state index in [0.717, 1.165) is 31.7 Å². The summed E-state index contributed by atoms with van der Waals surface area (Å²) in [5.41, 5.74) is 8.40. The van der Waals surface area contributed by atoms with Gasteiger partial charge in [0.05, 0.1) is 40.9 Å². The number of carbonyl (C=O) groups excluding carboxylic acids is 1. The number of rotatable bonds is 12. The van der Waals surface area contributed by atoms with Crippen LogP contribution in [0.1, 0.15) is 54.1 Å². The molecule has 5 rings (SSSR count). The lowest BCUT2D eigenvalue weighted by Crippen LogP contribution is -2.34. The van der Waals surface area contributed by atoms with E-state index in [9.17, 15) is 9.59 Å². The number of amides is 1. The van der Waals surface area contributed by atoms with Gasteiger partial charge in [-0.2, -0.15) is 10.2 Å². The highest BCUT2D eigenvalue weighted by Crippen LogP contribution is 2.24. The molecule has 1 amide bonds. The molecule has 0 spiro atoms. The van der Waals surface area contributed by atoms with E-state index in [4.69, 9.17) is 10.7 Å². The Morgan fingerprint density at radius 1 is 1.13 bits per heavy atom. The van der Waals surface area contributed by atoms with Crippen LogP contribution in [0.3, 0.4) is 0 Å². The lowest BCUT2D eigenvalue weighted by molar-refractivity contribution is 0.0939. The summed E-state index contributed by atoms with van der Waals surface area (Å²) in [5, 5.41) is 15.1. The molecule has 12 heteroatoms. The number of benzene rings is 2. The van der Waals surface area contributed by atoms with Crippen LogP contribution < -0.4 is 21.9 Å². The second-order valence-corrected chi connectivity index (χ2v) is 11.0. The summed E-state index contributed by atoms with van der Waals surface area (Å²) < 4.78 is 4.91. The van der Waals surface area contributed by atoms with Crippen molar-refractivity contribution in [1.29, 1.82) is 0 Å². The van der Waals surface area contributed by atoms with Crippen LogP contribution in [-0.2, 0) is 13.6 Å². The lowest BCUT2D eigenvalue weighted by Gasteiger charge is -2.20. The molecule has 1 unspecified atom stereocenters. The summed E-state index contributed by atoms with van der Waals surface area (Å²) in [6.45, 7) is 13.8. The molecular formula is C35H40N10O2. The molecule has 3 aromatic heterocycles. The van der Waals surface area contributed by atoms with Gasteiger partial charge in [0, 0.05) is 31.9 Å².